The number of nitrogens with zero attached hydrogens (tertiary/aromatic N) is 2. The summed E-state index contributed by atoms with van der Waals surface area (Å²) in [5.74, 6) is -2.19. The molecule has 0 aromatic heterocycles. The number of halogens is 2. The molecule has 2 rings (SSSR count). The highest BCUT2D eigenvalue weighted by Gasteiger charge is 2.04. The second-order valence-electron chi connectivity index (χ2n) is 5.12. The number of rotatable bonds is 8. The zero-order valence-corrected chi connectivity index (χ0v) is 14.1. The Morgan fingerprint density at radius 3 is 1.63 bits per heavy atom. The molecule has 2 amide bonds. The predicted molar refractivity (Wildman–Crippen MR) is 95.1 cm³/mol. The molecule has 0 radical (unpaired) electrons. The van der Waals surface area contributed by atoms with Gasteiger partial charge in [-0.2, -0.15) is 10.2 Å². The van der Waals surface area contributed by atoms with E-state index < -0.39 is 36.7 Å². The topological polar surface area (TPSA) is 92.2 Å². The minimum atomic E-state index is -0.620. The van der Waals surface area contributed by atoms with E-state index >= 15 is 0 Å². The van der Waals surface area contributed by atoms with Gasteiger partial charge in [-0.25, -0.2) is 19.6 Å². The normalized spacial score (nSPS) is 11.0. The van der Waals surface area contributed by atoms with Crippen molar-refractivity contribution in [3.8, 4) is 0 Å². The SMILES string of the molecule is O=C(COCC(=O)N/N=C/c1ccccc1F)N/N=C/c1ccccc1F. The van der Waals surface area contributed by atoms with Crippen LogP contribution in [0, 0.1) is 11.6 Å². The Morgan fingerprint density at radius 2 is 1.22 bits per heavy atom. The van der Waals surface area contributed by atoms with Crippen LogP contribution in [0.1, 0.15) is 11.1 Å². The van der Waals surface area contributed by atoms with Gasteiger partial charge >= 0.3 is 0 Å². The molecule has 2 aromatic rings. The average molecular weight is 374 g/mol. The van der Waals surface area contributed by atoms with E-state index in [0.29, 0.717) is 0 Å². The molecule has 140 valence electrons. The number of nitrogens with one attached hydrogen (secondary N) is 2. The van der Waals surface area contributed by atoms with Crippen molar-refractivity contribution < 1.29 is 23.1 Å². The summed E-state index contributed by atoms with van der Waals surface area (Å²) in [6.45, 7) is -0.863. The van der Waals surface area contributed by atoms with Crippen LogP contribution in [-0.2, 0) is 14.3 Å². The van der Waals surface area contributed by atoms with E-state index in [1.54, 1.807) is 12.1 Å². The number of benzene rings is 2. The first-order chi connectivity index (χ1) is 13.1. The van der Waals surface area contributed by atoms with Crippen LogP contribution in [0.3, 0.4) is 0 Å². The van der Waals surface area contributed by atoms with Gasteiger partial charge in [-0.3, -0.25) is 9.59 Å². The van der Waals surface area contributed by atoms with Crippen molar-refractivity contribution in [3.05, 3.63) is 71.3 Å². The van der Waals surface area contributed by atoms with E-state index in [1.165, 1.54) is 36.4 Å². The molecule has 0 saturated heterocycles. The van der Waals surface area contributed by atoms with Crippen molar-refractivity contribution in [2.75, 3.05) is 13.2 Å². The third-order valence-electron chi connectivity index (χ3n) is 3.06. The summed E-state index contributed by atoms with van der Waals surface area (Å²) in [5.41, 5.74) is 4.71. The van der Waals surface area contributed by atoms with Crippen molar-refractivity contribution in [3.63, 3.8) is 0 Å². The second-order valence-corrected chi connectivity index (χ2v) is 5.12. The molecule has 0 spiro atoms. The molecule has 0 heterocycles. The number of hydrazone groups is 2. The second kappa shape index (κ2) is 10.5. The Morgan fingerprint density at radius 1 is 0.815 bits per heavy atom. The monoisotopic (exact) mass is 374 g/mol. The third-order valence-corrected chi connectivity index (χ3v) is 3.06. The quantitative estimate of drug-likeness (QED) is 0.543. The van der Waals surface area contributed by atoms with Crippen molar-refractivity contribution in [2.45, 2.75) is 0 Å². The van der Waals surface area contributed by atoms with Crippen LogP contribution in [-0.4, -0.2) is 37.5 Å². The van der Waals surface area contributed by atoms with Crippen molar-refractivity contribution in [1.29, 1.82) is 0 Å². The van der Waals surface area contributed by atoms with Gasteiger partial charge in [0.25, 0.3) is 11.8 Å². The average Bonchev–Trinajstić information content (AvgIpc) is 2.65. The van der Waals surface area contributed by atoms with Crippen LogP contribution in [0.15, 0.2) is 58.7 Å². The summed E-state index contributed by atoms with van der Waals surface area (Å²) in [6.07, 6.45) is 2.30. The first kappa shape index (κ1) is 19.9. The van der Waals surface area contributed by atoms with Gasteiger partial charge in [0.05, 0.1) is 12.4 Å². The summed E-state index contributed by atoms with van der Waals surface area (Å²) >= 11 is 0. The zero-order valence-electron chi connectivity index (χ0n) is 14.1. The van der Waals surface area contributed by atoms with Crippen LogP contribution in [0.5, 0.6) is 0 Å². The number of ether oxygens (including phenoxy) is 1. The number of hydrogen-bond acceptors (Lipinski definition) is 5. The van der Waals surface area contributed by atoms with Gasteiger partial charge in [-0.05, 0) is 12.1 Å². The summed E-state index contributed by atoms with van der Waals surface area (Å²) in [4.78, 5) is 23.0. The fourth-order valence-electron chi connectivity index (χ4n) is 1.81. The minimum absolute atomic E-state index is 0.214. The van der Waals surface area contributed by atoms with E-state index in [0.717, 1.165) is 12.4 Å². The first-order valence-electron chi connectivity index (χ1n) is 7.77. The zero-order chi connectivity index (χ0) is 19.5. The molecular formula is C18H16F2N4O3. The lowest BCUT2D eigenvalue weighted by Crippen LogP contribution is -2.28. The highest BCUT2D eigenvalue weighted by molar-refractivity contribution is 5.84. The predicted octanol–water partition coefficient (Wildman–Crippen LogP) is 1.58. The fourth-order valence-corrected chi connectivity index (χ4v) is 1.81. The van der Waals surface area contributed by atoms with Gasteiger partial charge < -0.3 is 4.74 Å². The molecule has 2 N–H and O–H groups in total. The van der Waals surface area contributed by atoms with Crippen LogP contribution in [0.2, 0.25) is 0 Å². The van der Waals surface area contributed by atoms with Gasteiger partial charge in [0, 0.05) is 11.1 Å². The van der Waals surface area contributed by atoms with Crippen LogP contribution in [0.25, 0.3) is 0 Å². The van der Waals surface area contributed by atoms with E-state index in [4.69, 9.17) is 4.74 Å². The Balaban J connectivity index is 1.65. The summed E-state index contributed by atoms with van der Waals surface area (Å²) in [5, 5.41) is 7.17. The molecule has 0 aliphatic rings. The molecular weight excluding hydrogens is 358 g/mol. The van der Waals surface area contributed by atoms with E-state index in [-0.39, 0.29) is 11.1 Å². The largest absolute Gasteiger partial charge is 0.362 e. The number of amides is 2. The van der Waals surface area contributed by atoms with Crippen molar-refractivity contribution >= 4 is 24.2 Å². The van der Waals surface area contributed by atoms with Gasteiger partial charge in [-0.15, -0.1) is 0 Å². The van der Waals surface area contributed by atoms with Crippen molar-refractivity contribution in [1.82, 2.24) is 10.9 Å². The maximum absolute atomic E-state index is 13.3. The summed E-state index contributed by atoms with van der Waals surface area (Å²) in [7, 11) is 0. The van der Waals surface area contributed by atoms with Crippen LogP contribution >= 0.6 is 0 Å². The Kier molecular flexibility index (Phi) is 7.73. The van der Waals surface area contributed by atoms with Gasteiger partial charge in [0.2, 0.25) is 0 Å². The minimum Gasteiger partial charge on any atom is -0.362 e. The lowest BCUT2D eigenvalue weighted by molar-refractivity contribution is -0.130. The summed E-state index contributed by atoms with van der Waals surface area (Å²) < 4.78 is 31.6. The fraction of sp³-hybridized carbons (Fsp3) is 0.111. The standard InChI is InChI=1S/C18H16F2N4O3/c19-15-7-3-1-5-13(15)9-21-23-17(25)11-27-12-18(26)24-22-10-14-6-2-4-8-16(14)20/h1-10H,11-12H2,(H,23,25)(H,24,26)/b21-9+,22-10+. The molecule has 0 aliphatic carbocycles. The molecule has 0 aliphatic heterocycles. The molecule has 0 bridgehead atoms. The number of hydrogen-bond donors (Lipinski definition) is 2. The summed E-state index contributed by atoms with van der Waals surface area (Å²) in [6, 6.07) is 11.8. The highest BCUT2D eigenvalue weighted by atomic mass is 19.1. The van der Waals surface area contributed by atoms with Crippen LogP contribution < -0.4 is 10.9 Å². The Labute approximate surface area is 153 Å². The maximum Gasteiger partial charge on any atom is 0.266 e. The van der Waals surface area contributed by atoms with Crippen molar-refractivity contribution in [2.24, 2.45) is 10.2 Å². The molecule has 0 atom stereocenters. The number of carbonyl (C=O) groups is 2. The van der Waals surface area contributed by atoms with Gasteiger partial charge in [0.1, 0.15) is 24.8 Å². The van der Waals surface area contributed by atoms with Gasteiger partial charge in [-0.1, -0.05) is 36.4 Å². The lowest BCUT2D eigenvalue weighted by atomic mass is 10.2. The molecule has 0 unspecified atom stereocenters. The van der Waals surface area contributed by atoms with E-state index in [1.807, 2.05) is 0 Å². The molecule has 7 nitrogen and oxygen atoms in total. The Bertz CT molecular complexity index is 787. The first-order valence-corrected chi connectivity index (χ1v) is 7.77. The molecule has 0 saturated carbocycles. The third kappa shape index (κ3) is 7.12. The lowest BCUT2D eigenvalue weighted by Gasteiger charge is -2.02. The van der Waals surface area contributed by atoms with E-state index in [9.17, 15) is 18.4 Å². The highest BCUT2D eigenvalue weighted by Crippen LogP contribution is 2.03. The molecule has 0 fully saturated rings. The molecule has 27 heavy (non-hydrogen) atoms. The Hall–Kier alpha value is -3.46. The molecule has 2 aromatic carbocycles. The van der Waals surface area contributed by atoms with E-state index in [2.05, 4.69) is 21.1 Å². The smallest absolute Gasteiger partial charge is 0.266 e. The number of carbonyl (C=O) groups excluding carboxylic acids is 2. The maximum atomic E-state index is 13.3. The van der Waals surface area contributed by atoms with Crippen LogP contribution in [0.4, 0.5) is 8.78 Å². The molecule has 9 heteroatoms. The van der Waals surface area contributed by atoms with Gasteiger partial charge in [0.15, 0.2) is 0 Å².